The lowest BCUT2D eigenvalue weighted by atomic mass is 9.97. The van der Waals surface area contributed by atoms with E-state index in [-0.39, 0.29) is 16.9 Å². The van der Waals surface area contributed by atoms with E-state index in [9.17, 15) is 21.6 Å². The Balaban J connectivity index is 2.23. The minimum Gasteiger partial charge on any atom is -0.316 e. The number of rotatable bonds is 3. The van der Waals surface area contributed by atoms with E-state index in [4.69, 9.17) is 0 Å². The van der Waals surface area contributed by atoms with Crippen LogP contribution in [0.25, 0.3) is 0 Å². The van der Waals surface area contributed by atoms with Gasteiger partial charge in [0, 0.05) is 6.04 Å². The summed E-state index contributed by atoms with van der Waals surface area (Å²) in [4.78, 5) is -0.358. The van der Waals surface area contributed by atoms with E-state index >= 15 is 0 Å². The number of alkyl halides is 3. The smallest absolute Gasteiger partial charge is 0.316 e. The summed E-state index contributed by atoms with van der Waals surface area (Å²) in [5.41, 5.74) is -0.969. The predicted molar refractivity (Wildman–Crippen MR) is 72.2 cm³/mol. The Hall–Kier alpha value is -1.12. The second kappa shape index (κ2) is 5.94. The second-order valence-electron chi connectivity index (χ2n) is 5.22. The molecule has 8 heteroatoms. The van der Waals surface area contributed by atoms with E-state index in [0.29, 0.717) is 25.6 Å². The van der Waals surface area contributed by atoms with Crippen LogP contribution in [0.4, 0.5) is 13.2 Å². The summed E-state index contributed by atoms with van der Waals surface area (Å²) in [6, 6.07) is 3.51. The first kappa shape index (κ1) is 16.3. The van der Waals surface area contributed by atoms with Crippen LogP contribution in [0.2, 0.25) is 0 Å². The van der Waals surface area contributed by atoms with Gasteiger partial charge in [0.1, 0.15) is 0 Å². The van der Waals surface area contributed by atoms with Crippen LogP contribution in [0.5, 0.6) is 0 Å². The number of hydrogen-bond acceptors (Lipinski definition) is 3. The van der Waals surface area contributed by atoms with Crippen LogP contribution in [0.15, 0.2) is 29.2 Å². The molecule has 0 aliphatic carbocycles. The molecule has 1 aromatic rings. The van der Waals surface area contributed by atoms with E-state index in [1.54, 1.807) is 0 Å². The Morgan fingerprint density at radius 2 is 2.05 bits per heavy atom. The van der Waals surface area contributed by atoms with Crippen molar-refractivity contribution in [2.24, 2.45) is 5.92 Å². The lowest BCUT2D eigenvalue weighted by Gasteiger charge is -2.30. The fourth-order valence-electron chi connectivity index (χ4n) is 2.30. The summed E-state index contributed by atoms with van der Waals surface area (Å²) in [7, 11) is -3.95. The van der Waals surface area contributed by atoms with Gasteiger partial charge in [0.15, 0.2) is 0 Å². The summed E-state index contributed by atoms with van der Waals surface area (Å²) in [5.74, 6) is 0.0827. The third-order valence-electron chi connectivity index (χ3n) is 3.56. The lowest BCUT2D eigenvalue weighted by Crippen LogP contribution is -2.48. The molecule has 4 nitrogen and oxygen atoms in total. The van der Waals surface area contributed by atoms with Crippen LogP contribution >= 0.6 is 0 Å². The molecule has 2 atom stereocenters. The third-order valence-corrected chi connectivity index (χ3v) is 5.05. The molecule has 0 bridgehead atoms. The van der Waals surface area contributed by atoms with Crippen molar-refractivity contribution in [1.82, 2.24) is 10.0 Å². The molecule has 0 aromatic heterocycles. The Labute approximate surface area is 121 Å². The SMILES string of the molecule is C[C@H]1CNCC[C@H]1NS(=O)(=O)c1cccc(C(F)(F)F)c1. The van der Waals surface area contributed by atoms with Gasteiger partial charge in [0.2, 0.25) is 10.0 Å². The largest absolute Gasteiger partial charge is 0.416 e. The molecule has 118 valence electrons. The summed E-state index contributed by atoms with van der Waals surface area (Å²) < 4.78 is 64.9. The van der Waals surface area contributed by atoms with Crippen molar-refractivity contribution in [3.05, 3.63) is 29.8 Å². The first-order chi connectivity index (χ1) is 9.70. The van der Waals surface area contributed by atoms with Crippen molar-refractivity contribution in [3.63, 3.8) is 0 Å². The molecule has 2 N–H and O–H groups in total. The van der Waals surface area contributed by atoms with Gasteiger partial charge >= 0.3 is 6.18 Å². The van der Waals surface area contributed by atoms with E-state index in [2.05, 4.69) is 10.0 Å². The number of benzene rings is 1. The van der Waals surface area contributed by atoms with Crippen LogP contribution in [0.1, 0.15) is 18.9 Å². The molecule has 1 aliphatic heterocycles. The monoisotopic (exact) mass is 322 g/mol. The topological polar surface area (TPSA) is 58.2 Å². The Kier molecular flexibility index (Phi) is 4.60. The van der Waals surface area contributed by atoms with Crippen LogP contribution in [0.3, 0.4) is 0 Å². The summed E-state index contributed by atoms with van der Waals surface area (Å²) in [6.07, 6.45) is -3.95. The first-order valence-electron chi connectivity index (χ1n) is 6.60. The van der Waals surface area contributed by atoms with Gasteiger partial charge in [-0.25, -0.2) is 13.1 Å². The van der Waals surface area contributed by atoms with Crippen LogP contribution < -0.4 is 10.0 Å². The lowest BCUT2D eigenvalue weighted by molar-refractivity contribution is -0.137. The molecule has 1 aliphatic rings. The van der Waals surface area contributed by atoms with Gasteiger partial charge in [-0.05, 0) is 43.6 Å². The number of piperidine rings is 1. The van der Waals surface area contributed by atoms with Gasteiger partial charge in [-0.15, -0.1) is 0 Å². The number of nitrogens with one attached hydrogen (secondary N) is 2. The maximum Gasteiger partial charge on any atom is 0.416 e. The van der Waals surface area contributed by atoms with E-state index < -0.39 is 21.8 Å². The molecule has 1 fully saturated rings. The molecular weight excluding hydrogens is 305 g/mol. The first-order valence-corrected chi connectivity index (χ1v) is 8.09. The van der Waals surface area contributed by atoms with Crippen molar-refractivity contribution in [2.75, 3.05) is 13.1 Å². The van der Waals surface area contributed by atoms with Gasteiger partial charge in [-0.3, -0.25) is 0 Å². The average Bonchev–Trinajstić information content (AvgIpc) is 2.40. The molecule has 21 heavy (non-hydrogen) atoms. The zero-order valence-corrected chi connectivity index (χ0v) is 12.3. The Morgan fingerprint density at radius 1 is 1.33 bits per heavy atom. The molecule has 0 radical (unpaired) electrons. The highest BCUT2D eigenvalue weighted by Gasteiger charge is 2.32. The third kappa shape index (κ3) is 3.96. The fourth-order valence-corrected chi connectivity index (χ4v) is 3.72. The maximum atomic E-state index is 12.7. The standard InChI is InChI=1S/C13H17F3N2O2S/c1-9-8-17-6-5-12(9)18-21(19,20)11-4-2-3-10(7-11)13(14,15)16/h2-4,7,9,12,17-18H,5-6,8H2,1H3/t9-,12+/m0/s1. The van der Waals surface area contributed by atoms with Gasteiger partial charge in [-0.2, -0.15) is 13.2 Å². The zero-order chi connectivity index (χ0) is 15.7. The molecule has 0 amide bonds. The Bertz CT molecular complexity index is 602. The normalized spacial score (nSPS) is 24.0. The van der Waals surface area contributed by atoms with E-state index in [1.807, 2.05) is 6.92 Å². The maximum absolute atomic E-state index is 12.7. The minimum absolute atomic E-state index is 0.0827. The number of halogens is 3. The van der Waals surface area contributed by atoms with E-state index in [0.717, 1.165) is 12.1 Å². The van der Waals surface area contributed by atoms with Crippen LogP contribution in [-0.2, 0) is 16.2 Å². The second-order valence-corrected chi connectivity index (χ2v) is 6.94. The van der Waals surface area contributed by atoms with Gasteiger partial charge in [0.05, 0.1) is 10.5 Å². The predicted octanol–water partition coefficient (Wildman–Crippen LogP) is 1.98. The van der Waals surface area contributed by atoms with Gasteiger partial charge < -0.3 is 5.32 Å². The number of hydrogen-bond donors (Lipinski definition) is 2. The van der Waals surface area contributed by atoms with Crippen molar-refractivity contribution in [1.29, 1.82) is 0 Å². The number of sulfonamides is 1. The van der Waals surface area contributed by atoms with E-state index in [1.165, 1.54) is 6.07 Å². The molecule has 0 unspecified atom stereocenters. The van der Waals surface area contributed by atoms with Crippen molar-refractivity contribution >= 4 is 10.0 Å². The summed E-state index contributed by atoms with van der Waals surface area (Å²) >= 11 is 0. The van der Waals surface area contributed by atoms with Crippen molar-refractivity contribution in [2.45, 2.75) is 30.5 Å². The van der Waals surface area contributed by atoms with Crippen molar-refractivity contribution in [3.8, 4) is 0 Å². The highest BCUT2D eigenvalue weighted by Crippen LogP contribution is 2.30. The molecule has 2 rings (SSSR count). The molecule has 1 saturated heterocycles. The van der Waals surface area contributed by atoms with Crippen LogP contribution in [-0.4, -0.2) is 27.5 Å². The highest BCUT2D eigenvalue weighted by molar-refractivity contribution is 7.89. The average molecular weight is 322 g/mol. The molecular formula is C13H17F3N2O2S. The summed E-state index contributed by atoms with van der Waals surface area (Å²) in [6.45, 7) is 3.25. The van der Waals surface area contributed by atoms with Gasteiger partial charge in [-0.1, -0.05) is 13.0 Å². The quantitative estimate of drug-likeness (QED) is 0.895. The zero-order valence-electron chi connectivity index (χ0n) is 11.4. The molecule has 1 heterocycles. The highest BCUT2D eigenvalue weighted by atomic mass is 32.2. The minimum atomic E-state index is -4.56. The fraction of sp³-hybridized carbons (Fsp3) is 0.538. The summed E-state index contributed by atoms with van der Waals surface area (Å²) in [5, 5.41) is 3.14. The van der Waals surface area contributed by atoms with Crippen LogP contribution in [0, 0.1) is 5.92 Å². The molecule has 1 aromatic carbocycles. The van der Waals surface area contributed by atoms with Crippen molar-refractivity contribution < 1.29 is 21.6 Å². The Morgan fingerprint density at radius 3 is 2.67 bits per heavy atom. The molecule has 0 spiro atoms. The van der Waals surface area contributed by atoms with Gasteiger partial charge in [0.25, 0.3) is 0 Å². The molecule has 0 saturated carbocycles.